The Labute approximate surface area is 127 Å². The molecule has 0 aliphatic rings. The summed E-state index contributed by atoms with van der Waals surface area (Å²) in [6.45, 7) is 2.39. The van der Waals surface area contributed by atoms with Crippen LogP contribution in [0.4, 0.5) is 0 Å². The lowest BCUT2D eigenvalue weighted by atomic mass is 10.1. The van der Waals surface area contributed by atoms with Crippen molar-refractivity contribution in [1.29, 1.82) is 0 Å². The standard InChI is InChI=1S/C17H15N3O2/c1-11-5-4-6-12(9-11)10-18-16(21)15-13-7-2-3-8-14(13)19-17(22)20-15/h2-9H,10H2,1H3,(H,18,21)(H,19,20,22). The number of rotatable bonds is 3. The third-order valence-electron chi connectivity index (χ3n) is 3.39. The summed E-state index contributed by atoms with van der Waals surface area (Å²) in [4.78, 5) is 30.4. The zero-order valence-corrected chi connectivity index (χ0v) is 12.1. The van der Waals surface area contributed by atoms with Gasteiger partial charge in [0.2, 0.25) is 0 Å². The van der Waals surface area contributed by atoms with Gasteiger partial charge in [0.25, 0.3) is 5.91 Å². The maximum absolute atomic E-state index is 12.3. The second kappa shape index (κ2) is 5.81. The Balaban J connectivity index is 1.88. The molecule has 0 saturated carbocycles. The molecule has 0 aliphatic heterocycles. The van der Waals surface area contributed by atoms with E-state index in [1.807, 2.05) is 31.2 Å². The molecule has 0 radical (unpaired) electrons. The van der Waals surface area contributed by atoms with Gasteiger partial charge in [0.15, 0.2) is 0 Å². The topological polar surface area (TPSA) is 74.8 Å². The molecule has 0 unspecified atom stereocenters. The van der Waals surface area contributed by atoms with Gasteiger partial charge in [0.1, 0.15) is 5.69 Å². The number of aromatic amines is 1. The molecule has 1 amide bonds. The number of carbonyl (C=O) groups excluding carboxylic acids is 1. The molecule has 1 heterocycles. The number of amides is 1. The first kappa shape index (κ1) is 14.0. The van der Waals surface area contributed by atoms with Crippen molar-refractivity contribution in [2.75, 3.05) is 0 Å². The van der Waals surface area contributed by atoms with Crippen molar-refractivity contribution in [2.24, 2.45) is 0 Å². The highest BCUT2D eigenvalue weighted by atomic mass is 16.2. The molecule has 1 aromatic heterocycles. The molecule has 0 spiro atoms. The maximum atomic E-state index is 12.3. The van der Waals surface area contributed by atoms with Gasteiger partial charge in [-0.05, 0) is 18.6 Å². The number of hydrogen-bond donors (Lipinski definition) is 2. The first-order valence-corrected chi connectivity index (χ1v) is 6.96. The van der Waals surface area contributed by atoms with Crippen molar-refractivity contribution in [2.45, 2.75) is 13.5 Å². The molecule has 3 rings (SSSR count). The van der Waals surface area contributed by atoms with Crippen LogP contribution in [0.15, 0.2) is 53.3 Å². The highest BCUT2D eigenvalue weighted by molar-refractivity contribution is 6.04. The Morgan fingerprint density at radius 2 is 2.00 bits per heavy atom. The monoisotopic (exact) mass is 293 g/mol. The van der Waals surface area contributed by atoms with Crippen LogP contribution in [0.3, 0.4) is 0 Å². The zero-order chi connectivity index (χ0) is 15.5. The molecule has 0 fully saturated rings. The van der Waals surface area contributed by atoms with Crippen LogP contribution in [0.5, 0.6) is 0 Å². The van der Waals surface area contributed by atoms with E-state index in [2.05, 4.69) is 15.3 Å². The number of fused-ring (bicyclic) bond motifs is 1. The van der Waals surface area contributed by atoms with Crippen LogP contribution in [0.1, 0.15) is 21.6 Å². The Morgan fingerprint density at radius 3 is 2.82 bits per heavy atom. The normalized spacial score (nSPS) is 10.6. The number of nitrogens with zero attached hydrogens (tertiary/aromatic N) is 1. The van der Waals surface area contributed by atoms with Crippen LogP contribution >= 0.6 is 0 Å². The van der Waals surface area contributed by atoms with Crippen molar-refractivity contribution in [3.05, 3.63) is 75.8 Å². The summed E-state index contributed by atoms with van der Waals surface area (Å²) in [6, 6.07) is 15.0. The van der Waals surface area contributed by atoms with Crippen LogP contribution in [0.2, 0.25) is 0 Å². The number of hydrogen-bond acceptors (Lipinski definition) is 3. The molecule has 0 aliphatic carbocycles. The van der Waals surface area contributed by atoms with Gasteiger partial charge in [-0.25, -0.2) is 4.79 Å². The van der Waals surface area contributed by atoms with Gasteiger partial charge < -0.3 is 10.3 Å². The summed E-state index contributed by atoms with van der Waals surface area (Å²) in [5, 5.41) is 3.44. The Hall–Kier alpha value is -2.95. The molecule has 5 nitrogen and oxygen atoms in total. The summed E-state index contributed by atoms with van der Waals surface area (Å²) in [6.07, 6.45) is 0. The van der Waals surface area contributed by atoms with E-state index in [1.165, 1.54) is 0 Å². The highest BCUT2D eigenvalue weighted by Crippen LogP contribution is 2.12. The number of aromatic nitrogens is 2. The molecule has 5 heteroatoms. The van der Waals surface area contributed by atoms with E-state index < -0.39 is 5.69 Å². The number of nitrogens with one attached hydrogen (secondary N) is 2. The van der Waals surface area contributed by atoms with E-state index in [9.17, 15) is 9.59 Å². The molecule has 110 valence electrons. The molecular weight excluding hydrogens is 278 g/mol. The molecule has 0 atom stereocenters. The SMILES string of the molecule is Cc1cccc(CNC(=O)c2nc(=O)[nH]c3ccccc23)c1. The van der Waals surface area contributed by atoms with Crippen molar-refractivity contribution in [3.8, 4) is 0 Å². The third-order valence-corrected chi connectivity index (χ3v) is 3.39. The average molecular weight is 293 g/mol. The Kier molecular flexibility index (Phi) is 3.70. The molecule has 2 N–H and O–H groups in total. The maximum Gasteiger partial charge on any atom is 0.346 e. The van der Waals surface area contributed by atoms with E-state index in [0.717, 1.165) is 11.1 Å². The zero-order valence-electron chi connectivity index (χ0n) is 12.1. The van der Waals surface area contributed by atoms with E-state index in [-0.39, 0.29) is 11.6 Å². The van der Waals surface area contributed by atoms with Gasteiger partial charge in [0, 0.05) is 11.9 Å². The number of H-pyrrole nitrogens is 1. The smallest absolute Gasteiger partial charge is 0.346 e. The lowest BCUT2D eigenvalue weighted by Crippen LogP contribution is -2.27. The fourth-order valence-electron chi connectivity index (χ4n) is 2.36. The molecule has 0 bridgehead atoms. The van der Waals surface area contributed by atoms with E-state index >= 15 is 0 Å². The van der Waals surface area contributed by atoms with Gasteiger partial charge in [-0.15, -0.1) is 0 Å². The minimum atomic E-state index is -0.528. The first-order chi connectivity index (χ1) is 10.6. The lowest BCUT2D eigenvalue weighted by molar-refractivity contribution is 0.0947. The number of para-hydroxylation sites is 1. The molecule has 0 saturated heterocycles. The highest BCUT2D eigenvalue weighted by Gasteiger charge is 2.13. The van der Waals surface area contributed by atoms with Crippen molar-refractivity contribution < 1.29 is 4.79 Å². The first-order valence-electron chi connectivity index (χ1n) is 6.96. The van der Waals surface area contributed by atoms with Gasteiger partial charge in [-0.2, -0.15) is 4.98 Å². The summed E-state index contributed by atoms with van der Waals surface area (Å²) in [5.41, 5.74) is 2.35. The summed E-state index contributed by atoms with van der Waals surface area (Å²) in [7, 11) is 0. The van der Waals surface area contributed by atoms with Gasteiger partial charge in [0.05, 0.1) is 5.52 Å². The van der Waals surface area contributed by atoms with Crippen LogP contribution in [0.25, 0.3) is 10.9 Å². The predicted molar refractivity (Wildman–Crippen MR) is 84.7 cm³/mol. The van der Waals surface area contributed by atoms with Crippen LogP contribution in [-0.2, 0) is 6.54 Å². The van der Waals surface area contributed by atoms with Gasteiger partial charge in [-0.1, -0.05) is 48.0 Å². The van der Waals surface area contributed by atoms with Crippen LogP contribution < -0.4 is 11.0 Å². The molecular formula is C17H15N3O2. The van der Waals surface area contributed by atoms with Gasteiger partial charge in [-0.3, -0.25) is 4.79 Å². The fraction of sp³-hybridized carbons (Fsp3) is 0.118. The van der Waals surface area contributed by atoms with Crippen molar-refractivity contribution >= 4 is 16.8 Å². The Bertz CT molecular complexity index is 900. The largest absolute Gasteiger partial charge is 0.347 e. The van der Waals surface area contributed by atoms with Crippen LogP contribution in [-0.4, -0.2) is 15.9 Å². The van der Waals surface area contributed by atoms with E-state index in [4.69, 9.17) is 0 Å². The van der Waals surface area contributed by atoms with Crippen LogP contribution in [0, 0.1) is 6.92 Å². The van der Waals surface area contributed by atoms with E-state index in [1.54, 1.807) is 24.3 Å². The number of carbonyl (C=O) groups is 1. The lowest BCUT2D eigenvalue weighted by Gasteiger charge is -2.07. The molecule has 2 aromatic carbocycles. The molecule has 22 heavy (non-hydrogen) atoms. The summed E-state index contributed by atoms with van der Waals surface area (Å²) < 4.78 is 0. The van der Waals surface area contributed by atoms with Gasteiger partial charge >= 0.3 is 5.69 Å². The second-order valence-electron chi connectivity index (χ2n) is 5.11. The predicted octanol–water partition coefficient (Wildman–Crippen LogP) is 2.16. The number of benzene rings is 2. The molecule has 3 aromatic rings. The minimum Gasteiger partial charge on any atom is -0.347 e. The van der Waals surface area contributed by atoms with E-state index in [0.29, 0.717) is 17.4 Å². The minimum absolute atomic E-state index is 0.145. The second-order valence-corrected chi connectivity index (χ2v) is 5.11. The summed E-state index contributed by atoms with van der Waals surface area (Å²) in [5.74, 6) is -0.358. The fourth-order valence-corrected chi connectivity index (χ4v) is 2.36. The summed E-state index contributed by atoms with van der Waals surface area (Å²) >= 11 is 0. The average Bonchev–Trinajstić information content (AvgIpc) is 2.52. The third kappa shape index (κ3) is 2.88. The number of aryl methyl sites for hydroxylation is 1. The Morgan fingerprint density at radius 1 is 1.18 bits per heavy atom. The quantitative estimate of drug-likeness (QED) is 0.777. The van der Waals surface area contributed by atoms with Crippen molar-refractivity contribution in [1.82, 2.24) is 15.3 Å². The van der Waals surface area contributed by atoms with Crippen molar-refractivity contribution in [3.63, 3.8) is 0 Å².